The maximum absolute atomic E-state index is 12.2. The Morgan fingerprint density at radius 3 is 2.59 bits per heavy atom. The van der Waals surface area contributed by atoms with Crippen LogP contribution in [-0.4, -0.2) is 25.8 Å². The van der Waals surface area contributed by atoms with Crippen molar-refractivity contribution in [2.45, 2.75) is 11.8 Å². The van der Waals surface area contributed by atoms with Crippen LogP contribution in [0.4, 0.5) is 0 Å². The number of nitriles is 1. The SMILES string of the molecule is C#CCN(CC)S(=O)(=O)c1ccccc1C#N. The predicted octanol–water partition coefficient (Wildman–Crippen LogP) is 1.20. The molecule has 0 fully saturated rings. The van der Waals surface area contributed by atoms with Gasteiger partial charge in [-0.2, -0.15) is 9.57 Å². The van der Waals surface area contributed by atoms with E-state index in [2.05, 4.69) is 5.92 Å². The molecule has 4 nitrogen and oxygen atoms in total. The smallest absolute Gasteiger partial charge is 0.207 e. The van der Waals surface area contributed by atoms with Crippen LogP contribution in [-0.2, 0) is 10.0 Å². The summed E-state index contributed by atoms with van der Waals surface area (Å²) in [5, 5.41) is 8.89. The zero-order valence-electron chi connectivity index (χ0n) is 9.42. The molecule has 1 aromatic carbocycles. The van der Waals surface area contributed by atoms with Crippen LogP contribution in [0.2, 0.25) is 0 Å². The van der Waals surface area contributed by atoms with Gasteiger partial charge in [-0.25, -0.2) is 8.42 Å². The molecule has 0 saturated heterocycles. The molecule has 0 bridgehead atoms. The summed E-state index contributed by atoms with van der Waals surface area (Å²) >= 11 is 0. The Balaban J connectivity index is 3.32. The van der Waals surface area contributed by atoms with Crippen molar-refractivity contribution >= 4 is 10.0 Å². The minimum absolute atomic E-state index is 0.000370. The van der Waals surface area contributed by atoms with E-state index in [1.807, 2.05) is 6.07 Å². The van der Waals surface area contributed by atoms with Crippen LogP contribution < -0.4 is 0 Å². The van der Waals surface area contributed by atoms with Gasteiger partial charge in [0.1, 0.15) is 6.07 Å². The van der Waals surface area contributed by atoms with Crippen LogP contribution in [0.1, 0.15) is 12.5 Å². The first-order valence-electron chi connectivity index (χ1n) is 5.00. The highest BCUT2D eigenvalue weighted by molar-refractivity contribution is 7.89. The molecule has 0 heterocycles. The monoisotopic (exact) mass is 248 g/mol. The van der Waals surface area contributed by atoms with E-state index >= 15 is 0 Å². The van der Waals surface area contributed by atoms with E-state index in [1.165, 1.54) is 12.1 Å². The van der Waals surface area contributed by atoms with Gasteiger partial charge in [-0.1, -0.05) is 25.0 Å². The highest BCUT2D eigenvalue weighted by Gasteiger charge is 2.24. The maximum atomic E-state index is 12.2. The molecule has 0 N–H and O–H groups in total. The third-order valence-electron chi connectivity index (χ3n) is 2.25. The third-order valence-corrected chi connectivity index (χ3v) is 4.22. The zero-order chi connectivity index (χ0) is 12.9. The molecule has 0 radical (unpaired) electrons. The molecule has 17 heavy (non-hydrogen) atoms. The Kier molecular flexibility index (Phi) is 4.28. The molecule has 1 rings (SSSR count). The predicted molar refractivity (Wildman–Crippen MR) is 64.4 cm³/mol. The number of nitrogens with zero attached hydrogens (tertiary/aromatic N) is 2. The Labute approximate surface area is 102 Å². The molecule has 0 aliphatic rings. The average molecular weight is 248 g/mol. The molecule has 88 valence electrons. The van der Waals surface area contributed by atoms with Gasteiger partial charge in [-0.05, 0) is 12.1 Å². The largest absolute Gasteiger partial charge is 0.245 e. The molecular weight excluding hydrogens is 236 g/mol. The molecule has 5 heteroatoms. The van der Waals surface area contributed by atoms with Crippen molar-refractivity contribution < 1.29 is 8.42 Å². The van der Waals surface area contributed by atoms with E-state index in [0.717, 1.165) is 4.31 Å². The first-order valence-corrected chi connectivity index (χ1v) is 6.44. The fourth-order valence-corrected chi connectivity index (χ4v) is 2.90. The first kappa shape index (κ1) is 13.2. The first-order chi connectivity index (χ1) is 8.07. The van der Waals surface area contributed by atoms with Crippen molar-refractivity contribution in [1.82, 2.24) is 4.31 Å². The Hall–Kier alpha value is -1.82. The third kappa shape index (κ3) is 2.65. The van der Waals surface area contributed by atoms with E-state index in [-0.39, 0.29) is 23.5 Å². The highest BCUT2D eigenvalue weighted by atomic mass is 32.2. The fourth-order valence-electron chi connectivity index (χ4n) is 1.39. The van der Waals surface area contributed by atoms with Crippen LogP contribution in [0.5, 0.6) is 0 Å². The van der Waals surface area contributed by atoms with E-state index in [1.54, 1.807) is 19.1 Å². The van der Waals surface area contributed by atoms with Crippen molar-refractivity contribution in [3.8, 4) is 18.4 Å². The molecule has 1 aromatic rings. The lowest BCUT2D eigenvalue weighted by atomic mass is 10.2. The van der Waals surface area contributed by atoms with E-state index < -0.39 is 10.0 Å². The summed E-state index contributed by atoms with van der Waals surface area (Å²) in [6.07, 6.45) is 5.13. The normalized spacial score (nSPS) is 10.8. The minimum Gasteiger partial charge on any atom is -0.207 e. The maximum Gasteiger partial charge on any atom is 0.245 e. The van der Waals surface area contributed by atoms with Gasteiger partial charge in [0.05, 0.1) is 17.0 Å². The second-order valence-corrected chi connectivity index (χ2v) is 5.15. The molecule has 0 aliphatic carbocycles. The minimum atomic E-state index is -3.69. The number of sulfonamides is 1. The summed E-state index contributed by atoms with van der Waals surface area (Å²) in [7, 11) is -3.69. The molecular formula is C12H12N2O2S. The van der Waals surface area contributed by atoms with Crippen molar-refractivity contribution in [3.05, 3.63) is 29.8 Å². The zero-order valence-corrected chi connectivity index (χ0v) is 10.2. The summed E-state index contributed by atoms with van der Waals surface area (Å²) in [4.78, 5) is -0.000370. The molecule has 0 unspecified atom stereocenters. The van der Waals surface area contributed by atoms with Gasteiger partial charge in [0.2, 0.25) is 10.0 Å². The van der Waals surface area contributed by atoms with E-state index in [0.29, 0.717) is 0 Å². The highest BCUT2D eigenvalue weighted by Crippen LogP contribution is 2.19. The summed E-state index contributed by atoms with van der Waals surface area (Å²) in [6, 6.07) is 7.94. The average Bonchev–Trinajstić information content (AvgIpc) is 2.35. The van der Waals surface area contributed by atoms with E-state index in [4.69, 9.17) is 11.7 Å². The second kappa shape index (κ2) is 5.49. The molecule has 0 atom stereocenters. The van der Waals surface area contributed by atoms with Crippen LogP contribution in [0, 0.1) is 23.7 Å². The van der Waals surface area contributed by atoms with Gasteiger partial charge in [0, 0.05) is 6.54 Å². The quantitative estimate of drug-likeness (QED) is 0.752. The standard InChI is InChI=1S/C12H12N2O2S/c1-3-9-14(4-2)17(15,16)12-8-6-5-7-11(12)10-13/h1,5-8H,4,9H2,2H3. The van der Waals surface area contributed by atoms with Gasteiger partial charge < -0.3 is 0 Å². The van der Waals surface area contributed by atoms with E-state index in [9.17, 15) is 8.42 Å². The molecule has 0 amide bonds. The van der Waals surface area contributed by atoms with Gasteiger partial charge in [-0.15, -0.1) is 6.42 Å². The molecule has 0 aromatic heterocycles. The Morgan fingerprint density at radius 2 is 2.06 bits per heavy atom. The number of rotatable bonds is 4. The van der Waals surface area contributed by atoms with Crippen molar-refractivity contribution in [1.29, 1.82) is 5.26 Å². The Morgan fingerprint density at radius 1 is 1.41 bits per heavy atom. The Bertz CT molecular complexity index is 579. The lowest BCUT2D eigenvalue weighted by Gasteiger charge is -2.18. The van der Waals surface area contributed by atoms with Crippen molar-refractivity contribution in [2.75, 3.05) is 13.1 Å². The van der Waals surface area contributed by atoms with Crippen LogP contribution in [0.3, 0.4) is 0 Å². The van der Waals surface area contributed by atoms with Gasteiger partial charge in [0.25, 0.3) is 0 Å². The summed E-state index contributed by atoms with van der Waals surface area (Å²) in [5.74, 6) is 2.30. The topological polar surface area (TPSA) is 61.2 Å². The summed E-state index contributed by atoms with van der Waals surface area (Å²) < 4.78 is 25.6. The van der Waals surface area contributed by atoms with Gasteiger partial charge in [0.15, 0.2) is 0 Å². The van der Waals surface area contributed by atoms with Crippen LogP contribution >= 0.6 is 0 Å². The van der Waals surface area contributed by atoms with Gasteiger partial charge in [-0.3, -0.25) is 0 Å². The number of hydrogen-bond acceptors (Lipinski definition) is 3. The van der Waals surface area contributed by atoms with Gasteiger partial charge >= 0.3 is 0 Å². The molecule has 0 saturated carbocycles. The van der Waals surface area contributed by atoms with Crippen molar-refractivity contribution in [2.24, 2.45) is 0 Å². The van der Waals surface area contributed by atoms with Crippen molar-refractivity contribution in [3.63, 3.8) is 0 Å². The fraction of sp³-hybridized carbons (Fsp3) is 0.250. The lowest BCUT2D eigenvalue weighted by Crippen LogP contribution is -2.31. The number of hydrogen-bond donors (Lipinski definition) is 0. The second-order valence-electron chi connectivity index (χ2n) is 3.24. The molecule has 0 aliphatic heterocycles. The van der Waals surface area contributed by atoms with Crippen LogP contribution in [0.15, 0.2) is 29.2 Å². The van der Waals surface area contributed by atoms with Crippen LogP contribution in [0.25, 0.3) is 0 Å². The summed E-state index contributed by atoms with van der Waals surface area (Å²) in [6.45, 7) is 1.97. The summed E-state index contributed by atoms with van der Waals surface area (Å²) in [5.41, 5.74) is 0.128. The number of terminal acetylenes is 1. The molecule has 0 spiro atoms. The number of benzene rings is 1. The lowest BCUT2D eigenvalue weighted by molar-refractivity contribution is 0.464.